The highest BCUT2D eigenvalue weighted by Gasteiger charge is 2.12. The predicted octanol–water partition coefficient (Wildman–Crippen LogP) is 5.86. The highest BCUT2D eigenvalue weighted by Crippen LogP contribution is 2.28. The number of aromatic nitrogens is 2. The molecule has 0 saturated heterocycles. The lowest BCUT2D eigenvalue weighted by Gasteiger charge is -2.13. The summed E-state index contributed by atoms with van der Waals surface area (Å²) in [6.07, 6.45) is 0. The molecule has 0 saturated carbocycles. The van der Waals surface area contributed by atoms with Gasteiger partial charge in [0.05, 0.1) is 11.2 Å². The molecule has 1 heterocycles. The van der Waals surface area contributed by atoms with Crippen molar-refractivity contribution in [3.63, 3.8) is 0 Å². The second kappa shape index (κ2) is 11.6. The van der Waals surface area contributed by atoms with E-state index in [-0.39, 0.29) is 5.91 Å². The van der Waals surface area contributed by atoms with E-state index in [1.54, 1.807) is 12.1 Å². The van der Waals surface area contributed by atoms with Crippen molar-refractivity contribution >= 4 is 34.1 Å². The SMILES string of the molecule is CCNCc1ccc(CN)c(NC(=O)c2ccc(Nc3nc(-c4ccccc4)c4ccccc4n3)cc2)c1. The Labute approximate surface area is 222 Å². The fraction of sp³-hybridized carbons (Fsp3) is 0.129. The summed E-state index contributed by atoms with van der Waals surface area (Å²) in [4.78, 5) is 22.5. The molecule has 0 spiro atoms. The molecule has 0 fully saturated rings. The summed E-state index contributed by atoms with van der Waals surface area (Å²) in [6.45, 7) is 4.01. The Morgan fingerprint density at radius 2 is 1.63 bits per heavy atom. The molecule has 7 nitrogen and oxygen atoms in total. The lowest BCUT2D eigenvalue weighted by atomic mass is 10.1. The first-order chi connectivity index (χ1) is 18.6. The molecule has 0 aliphatic carbocycles. The normalized spacial score (nSPS) is 10.9. The van der Waals surface area contributed by atoms with Crippen LogP contribution in [-0.2, 0) is 13.1 Å². The molecule has 0 atom stereocenters. The van der Waals surface area contributed by atoms with Gasteiger partial charge in [-0.3, -0.25) is 4.79 Å². The number of amides is 1. The molecule has 0 bridgehead atoms. The van der Waals surface area contributed by atoms with Crippen molar-refractivity contribution in [2.75, 3.05) is 17.2 Å². The summed E-state index contributed by atoms with van der Waals surface area (Å²) >= 11 is 0. The Bertz CT molecular complexity index is 1550. The molecule has 190 valence electrons. The average molecular weight is 503 g/mol. The third-order valence-electron chi connectivity index (χ3n) is 6.28. The summed E-state index contributed by atoms with van der Waals surface area (Å²) in [5, 5.41) is 10.6. The fourth-order valence-electron chi connectivity index (χ4n) is 4.27. The summed E-state index contributed by atoms with van der Waals surface area (Å²) in [7, 11) is 0. The van der Waals surface area contributed by atoms with Gasteiger partial charge in [0, 0.05) is 41.0 Å². The van der Waals surface area contributed by atoms with Crippen LogP contribution in [0.15, 0.2) is 97.1 Å². The fourth-order valence-corrected chi connectivity index (χ4v) is 4.27. The summed E-state index contributed by atoms with van der Waals surface area (Å²) in [6, 6.07) is 31.2. The van der Waals surface area contributed by atoms with Crippen LogP contribution in [0, 0.1) is 0 Å². The van der Waals surface area contributed by atoms with E-state index in [1.165, 1.54) is 0 Å². The van der Waals surface area contributed by atoms with Crippen LogP contribution in [0.25, 0.3) is 22.2 Å². The van der Waals surface area contributed by atoms with Gasteiger partial charge in [0.1, 0.15) is 0 Å². The van der Waals surface area contributed by atoms with Gasteiger partial charge in [-0.2, -0.15) is 0 Å². The van der Waals surface area contributed by atoms with Crippen molar-refractivity contribution in [1.29, 1.82) is 0 Å². The van der Waals surface area contributed by atoms with Gasteiger partial charge in [-0.25, -0.2) is 9.97 Å². The van der Waals surface area contributed by atoms with Gasteiger partial charge < -0.3 is 21.7 Å². The van der Waals surface area contributed by atoms with Gasteiger partial charge >= 0.3 is 0 Å². The number of nitrogens with one attached hydrogen (secondary N) is 3. The van der Waals surface area contributed by atoms with Crippen molar-refractivity contribution < 1.29 is 4.79 Å². The zero-order valence-electron chi connectivity index (χ0n) is 21.2. The minimum absolute atomic E-state index is 0.194. The minimum Gasteiger partial charge on any atom is -0.326 e. The Kier molecular flexibility index (Phi) is 7.68. The monoisotopic (exact) mass is 502 g/mol. The molecule has 38 heavy (non-hydrogen) atoms. The zero-order chi connectivity index (χ0) is 26.3. The quantitative estimate of drug-likeness (QED) is 0.201. The molecule has 0 radical (unpaired) electrons. The van der Waals surface area contributed by atoms with E-state index in [9.17, 15) is 4.79 Å². The molecule has 0 unspecified atom stereocenters. The molecule has 5 aromatic rings. The lowest BCUT2D eigenvalue weighted by molar-refractivity contribution is 0.102. The third kappa shape index (κ3) is 5.70. The van der Waals surface area contributed by atoms with Crippen LogP contribution in [0.4, 0.5) is 17.3 Å². The smallest absolute Gasteiger partial charge is 0.255 e. The first-order valence-corrected chi connectivity index (χ1v) is 12.7. The highest BCUT2D eigenvalue weighted by atomic mass is 16.1. The number of hydrogen-bond acceptors (Lipinski definition) is 6. The highest BCUT2D eigenvalue weighted by molar-refractivity contribution is 6.05. The second-order valence-electron chi connectivity index (χ2n) is 8.91. The molecule has 1 amide bonds. The molecule has 5 N–H and O–H groups in total. The minimum atomic E-state index is -0.194. The van der Waals surface area contributed by atoms with E-state index < -0.39 is 0 Å². The first-order valence-electron chi connectivity index (χ1n) is 12.7. The Morgan fingerprint density at radius 1 is 0.868 bits per heavy atom. The van der Waals surface area contributed by atoms with Crippen molar-refractivity contribution in [2.24, 2.45) is 5.73 Å². The van der Waals surface area contributed by atoms with Crippen LogP contribution >= 0.6 is 0 Å². The number of anilines is 3. The average Bonchev–Trinajstić information content (AvgIpc) is 2.96. The molecule has 0 aliphatic heterocycles. The Morgan fingerprint density at radius 3 is 2.39 bits per heavy atom. The van der Waals surface area contributed by atoms with Gasteiger partial charge in [-0.1, -0.05) is 67.6 Å². The van der Waals surface area contributed by atoms with E-state index in [1.807, 2.05) is 84.9 Å². The van der Waals surface area contributed by atoms with E-state index in [0.29, 0.717) is 18.1 Å². The second-order valence-corrected chi connectivity index (χ2v) is 8.91. The van der Waals surface area contributed by atoms with Crippen LogP contribution in [0.3, 0.4) is 0 Å². The number of carbonyl (C=O) groups excluding carboxylic acids is 1. The molecule has 5 rings (SSSR count). The first kappa shape index (κ1) is 25.1. The van der Waals surface area contributed by atoms with Gasteiger partial charge in [-0.15, -0.1) is 0 Å². The predicted molar refractivity (Wildman–Crippen MR) is 154 cm³/mol. The van der Waals surface area contributed by atoms with E-state index in [4.69, 9.17) is 15.7 Å². The third-order valence-corrected chi connectivity index (χ3v) is 6.28. The number of nitrogens with two attached hydrogens (primary N) is 1. The Hall–Kier alpha value is -4.59. The van der Waals surface area contributed by atoms with Crippen LogP contribution < -0.4 is 21.7 Å². The number of carbonyl (C=O) groups is 1. The van der Waals surface area contributed by atoms with Crippen LogP contribution in [0.2, 0.25) is 0 Å². The number of benzene rings is 4. The number of rotatable bonds is 9. The van der Waals surface area contributed by atoms with Crippen molar-refractivity contribution in [2.45, 2.75) is 20.0 Å². The summed E-state index contributed by atoms with van der Waals surface area (Å²) < 4.78 is 0. The van der Waals surface area contributed by atoms with Crippen LogP contribution in [0.1, 0.15) is 28.4 Å². The maximum absolute atomic E-state index is 13.0. The van der Waals surface area contributed by atoms with E-state index in [0.717, 1.165) is 57.8 Å². The van der Waals surface area contributed by atoms with E-state index >= 15 is 0 Å². The van der Waals surface area contributed by atoms with Crippen LogP contribution in [-0.4, -0.2) is 22.4 Å². The zero-order valence-corrected chi connectivity index (χ0v) is 21.2. The number of hydrogen-bond donors (Lipinski definition) is 4. The standard InChI is InChI=1S/C31H30N6O/c1-2-33-20-21-12-13-24(19-32)28(18-21)35-30(38)23-14-16-25(17-15-23)34-31-36-27-11-7-6-10-26(27)29(37-31)22-8-4-3-5-9-22/h3-18,33H,2,19-20,32H2,1H3,(H,35,38)(H,34,36,37). The maximum atomic E-state index is 13.0. The van der Waals surface area contributed by atoms with Gasteiger partial charge in [0.2, 0.25) is 5.95 Å². The lowest BCUT2D eigenvalue weighted by Crippen LogP contribution is -2.16. The van der Waals surface area contributed by atoms with Crippen molar-refractivity contribution in [3.8, 4) is 11.3 Å². The summed E-state index contributed by atoms with van der Waals surface area (Å²) in [5.41, 5.74) is 12.7. The van der Waals surface area contributed by atoms with Crippen molar-refractivity contribution in [1.82, 2.24) is 15.3 Å². The van der Waals surface area contributed by atoms with E-state index in [2.05, 4.69) is 22.9 Å². The molecular formula is C31H30N6O. The largest absolute Gasteiger partial charge is 0.326 e. The van der Waals surface area contributed by atoms with Gasteiger partial charge in [0.15, 0.2) is 0 Å². The molecular weight excluding hydrogens is 472 g/mol. The van der Waals surface area contributed by atoms with Gasteiger partial charge in [-0.05, 0) is 54.1 Å². The molecule has 0 aliphatic rings. The maximum Gasteiger partial charge on any atom is 0.255 e. The summed E-state index contributed by atoms with van der Waals surface area (Å²) in [5.74, 6) is 0.296. The Balaban J connectivity index is 1.35. The topological polar surface area (TPSA) is 105 Å². The van der Waals surface area contributed by atoms with Gasteiger partial charge in [0.25, 0.3) is 5.91 Å². The number of fused-ring (bicyclic) bond motifs is 1. The molecule has 4 aromatic carbocycles. The molecule has 7 heteroatoms. The molecule has 1 aromatic heterocycles. The van der Waals surface area contributed by atoms with Crippen molar-refractivity contribution in [3.05, 3.63) is 114 Å². The number of nitrogens with zero attached hydrogens (tertiary/aromatic N) is 2. The number of para-hydroxylation sites is 1. The van der Waals surface area contributed by atoms with Crippen LogP contribution in [0.5, 0.6) is 0 Å².